The summed E-state index contributed by atoms with van der Waals surface area (Å²) in [5.74, 6) is -2.28. The van der Waals surface area contributed by atoms with Crippen molar-refractivity contribution in [1.29, 1.82) is 0 Å². The van der Waals surface area contributed by atoms with Gasteiger partial charge in [-0.25, -0.2) is 0 Å². The molecule has 2 aliphatic rings. The first-order valence-electron chi connectivity index (χ1n) is 6.88. The summed E-state index contributed by atoms with van der Waals surface area (Å²) >= 11 is 0. The average molecular weight is 292 g/mol. The zero-order valence-corrected chi connectivity index (χ0v) is 11.4. The van der Waals surface area contributed by atoms with Crippen LogP contribution in [-0.4, -0.2) is 54.5 Å². The van der Waals surface area contributed by atoms with E-state index >= 15 is 0 Å². The van der Waals surface area contributed by atoms with Crippen LogP contribution in [0.25, 0.3) is 0 Å². The number of nitrogens with zero attached hydrogens (tertiary/aromatic N) is 2. The summed E-state index contributed by atoms with van der Waals surface area (Å²) in [5, 5.41) is 0. The van der Waals surface area contributed by atoms with E-state index in [1.54, 1.807) is 11.9 Å². The topological polar surface area (TPSA) is 40.6 Å². The molecule has 114 valence electrons. The second kappa shape index (κ2) is 5.61. The van der Waals surface area contributed by atoms with E-state index in [1.165, 1.54) is 4.90 Å². The van der Waals surface area contributed by atoms with Gasteiger partial charge in [0.05, 0.1) is 5.92 Å². The Morgan fingerprint density at radius 2 is 1.95 bits per heavy atom. The lowest BCUT2D eigenvalue weighted by atomic mass is 9.92. The Balaban J connectivity index is 1.97. The molecule has 0 aromatic rings. The zero-order valence-electron chi connectivity index (χ0n) is 11.4. The summed E-state index contributed by atoms with van der Waals surface area (Å²) in [7, 11) is 1.67. The molecule has 0 aliphatic carbocycles. The number of halogens is 3. The maximum atomic E-state index is 12.7. The summed E-state index contributed by atoms with van der Waals surface area (Å²) in [6, 6.07) is 0. The molecular weight excluding hydrogens is 273 g/mol. The van der Waals surface area contributed by atoms with E-state index in [1.807, 2.05) is 0 Å². The van der Waals surface area contributed by atoms with Crippen molar-refractivity contribution in [3.8, 4) is 0 Å². The Kier molecular flexibility index (Phi) is 4.25. The predicted octanol–water partition coefficient (Wildman–Crippen LogP) is 1.66. The van der Waals surface area contributed by atoms with Crippen LogP contribution < -0.4 is 0 Å². The molecule has 7 heteroatoms. The third-order valence-electron chi connectivity index (χ3n) is 4.20. The molecule has 2 saturated heterocycles. The zero-order chi connectivity index (χ0) is 14.9. The molecule has 2 unspecified atom stereocenters. The van der Waals surface area contributed by atoms with Crippen molar-refractivity contribution in [1.82, 2.24) is 9.80 Å². The van der Waals surface area contributed by atoms with Crippen molar-refractivity contribution < 1.29 is 22.8 Å². The number of hydrogen-bond acceptors (Lipinski definition) is 2. The van der Waals surface area contributed by atoms with E-state index in [-0.39, 0.29) is 31.2 Å². The number of carbonyl (C=O) groups excluding carboxylic acids is 2. The highest BCUT2D eigenvalue weighted by Gasteiger charge is 2.43. The maximum Gasteiger partial charge on any atom is 0.393 e. The third kappa shape index (κ3) is 3.24. The fraction of sp³-hybridized carbons (Fsp3) is 0.846. The number of piperidine rings is 2. The van der Waals surface area contributed by atoms with E-state index in [9.17, 15) is 22.8 Å². The minimum atomic E-state index is -4.25. The van der Waals surface area contributed by atoms with Crippen molar-refractivity contribution in [3.63, 3.8) is 0 Å². The van der Waals surface area contributed by atoms with Crippen molar-refractivity contribution in [3.05, 3.63) is 0 Å². The Labute approximate surface area is 115 Å². The second-order valence-electron chi connectivity index (χ2n) is 5.67. The smallest absolute Gasteiger partial charge is 0.346 e. The largest absolute Gasteiger partial charge is 0.393 e. The number of likely N-dealkylation sites (tertiary alicyclic amines) is 2. The first-order chi connectivity index (χ1) is 9.29. The van der Waals surface area contributed by atoms with Gasteiger partial charge in [0.2, 0.25) is 11.8 Å². The van der Waals surface area contributed by atoms with E-state index in [2.05, 4.69) is 0 Å². The molecule has 2 aliphatic heterocycles. The van der Waals surface area contributed by atoms with Gasteiger partial charge in [0.15, 0.2) is 0 Å². The molecular formula is C13H19F3N2O2. The monoisotopic (exact) mass is 292 g/mol. The van der Waals surface area contributed by atoms with Crippen molar-refractivity contribution in [2.45, 2.75) is 31.9 Å². The second-order valence-corrected chi connectivity index (χ2v) is 5.67. The molecule has 0 spiro atoms. The highest BCUT2D eigenvalue weighted by atomic mass is 19.4. The first kappa shape index (κ1) is 15.1. The number of carbonyl (C=O) groups is 2. The third-order valence-corrected chi connectivity index (χ3v) is 4.20. The van der Waals surface area contributed by atoms with Crippen LogP contribution in [0, 0.1) is 11.8 Å². The standard InChI is InChI=1S/C13H19F3N2O2/c1-17-6-4-9(7-11(17)19)12(20)18-5-2-3-10(8-18)13(14,15)16/h9-10H,2-8H2,1H3. The Morgan fingerprint density at radius 1 is 1.25 bits per heavy atom. The molecule has 0 saturated carbocycles. The molecule has 2 heterocycles. The van der Waals surface area contributed by atoms with Gasteiger partial charge < -0.3 is 9.80 Å². The van der Waals surface area contributed by atoms with Gasteiger partial charge in [-0.2, -0.15) is 13.2 Å². The SMILES string of the molecule is CN1CCC(C(=O)N2CCCC(C(F)(F)F)C2)CC1=O. The molecule has 20 heavy (non-hydrogen) atoms. The summed E-state index contributed by atoms with van der Waals surface area (Å²) in [6.07, 6.45) is -3.14. The van der Waals surface area contributed by atoms with Gasteiger partial charge in [-0.15, -0.1) is 0 Å². The molecule has 0 aromatic carbocycles. The first-order valence-corrected chi connectivity index (χ1v) is 6.88. The van der Waals surface area contributed by atoms with Crippen LogP contribution in [0.2, 0.25) is 0 Å². The Hall–Kier alpha value is -1.27. The molecule has 2 atom stereocenters. The summed E-state index contributed by atoms with van der Waals surface area (Å²) in [4.78, 5) is 26.7. The quantitative estimate of drug-likeness (QED) is 0.737. The molecule has 0 radical (unpaired) electrons. The maximum absolute atomic E-state index is 12.7. The van der Waals surface area contributed by atoms with Crippen LogP contribution in [0.5, 0.6) is 0 Å². The highest BCUT2D eigenvalue weighted by Crippen LogP contribution is 2.34. The minimum absolute atomic E-state index is 0.0830. The van der Waals surface area contributed by atoms with E-state index in [0.717, 1.165) is 0 Å². The van der Waals surface area contributed by atoms with Gasteiger partial charge in [-0.05, 0) is 19.3 Å². The van der Waals surface area contributed by atoms with Crippen LogP contribution in [0.15, 0.2) is 0 Å². The van der Waals surface area contributed by atoms with Crippen LogP contribution in [0.4, 0.5) is 13.2 Å². The molecule has 2 amide bonds. The molecule has 2 rings (SSSR count). The lowest BCUT2D eigenvalue weighted by Crippen LogP contribution is -2.49. The van der Waals surface area contributed by atoms with Crippen molar-refractivity contribution in [2.24, 2.45) is 11.8 Å². The molecule has 0 N–H and O–H groups in total. The predicted molar refractivity (Wildman–Crippen MR) is 65.7 cm³/mol. The van der Waals surface area contributed by atoms with E-state index in [4.69, 9.17) is 0 Å². The number of amides is 2. The number of hydrogen-bond donors (Lipinski definition) is 0. The van der Waals surface area contributed by atoms with Crippen molar-refractivity contribution in [2.75, 3.05) is 26.7 Å². The Bertz CT molecular complexity index is 398. The molecule has 2 fully saturated rings. The molecule has 0 aromatic heterocycles. The minimum Gasteiger partial charge on any atom is -0.346 e. The Morgan fingerprint density at radius 3 is 2.55 bits per heavy atom. The average Bonchev–Trinajstić information content (AvgIpc) is 2.40. The lowest BCUT2D eigenvalue weighted by molar-refractivity contribution is -0.189. The van der Waals surface area contributed by atoms with Crippen LogP contribution >= 0.6 is 0 Å². The van der Waals surface area contributed by atoms with Gasteiger partial charge in [0.1, 0.15) is 0 Å². The summed E-state index contributed by atoms with van der Waals surface area (Å²) in [6.45, 7) is 0.598. The van der Waals surface area contributed by atoms with Crippen LogP contribution in [-0.2, 0) is 9.59 Å². The lowest BCUT2D eigenvalue weighted by Gasteiger charge is -2.37. The van der Waals surface area contributed by atoms with Gasteiger partial charge in [-0.1, -0.05) is 0 Å². The summed E-state index contributed by atoms with van der Waals surface area (Å²) in [5.41, 5.74) is 0. The number of alkyl halides is 3. The van der Waals surface area contributed by atoms with Crippen LogP contribution in [0.1, 0.15) is 25.7 Å². The van der Waals surface area contributed by atoms with Gasteiger partial charge in [0, 0.05) is 39.0 Å². The van der Waals surface area contributed by atoms with Gasteiger partial charge >= 0.3 is 6.18 Å². The fourth-order valence-electron chi connectivity index (χ4n) is 2.86. The van der Waals surface area contributed by atoms with Gasteiger partial charge in [0.25, 0.3) is 0 Å². The molecule has 4 nitrogen and oxygen atoms in total. The van der Waals surface area contributed by atoms with Crippen molar-refractivity contribution >= 4 is 11.8 Å². The molecule has 0 bridgehead atoms. The fourth-order valence-corrected chi connectivity index (χ4v) is 2.86. The number of rotatable bonds is 1. The van der Waals surface area contributed by atoms with E-state index in [0.29, 0.717) is 25.9 Å². The highest BCUT2D eigenvalue weighted by molar-refractivity contribution is 5.86. The van der Waals surface area contributed by atoms with E-state index < -0.39 is 18.0 Å². The van der Waals surface area contributed by atoms with Crippen LogP contribution in [0.3, 0.4) is 0 Å². The summed E-state index contributed by atoms with van der Waals surface area (Å²) < 4.78 is 38.2. The van der Waals surface area contributed by atoms with Gasteiger partial charge in [-0.3, -0.25) is 9.59 Å². The normalized spacial score (nSPS) is 28.7.